The molecule has 0 atom stereocenters. The summed E-state index contributed by atoms with van der Waals surface area (Å²) in [4.78, 5) is 12.3. The van der Waals surface area contributed by atoms with Crippen molar-refractivity contribution in [2.45, 2.75) is 18.2 Å². The third-order valence-electron chi connectivity index (χ3n) is 4.41. The summed E-state index contributed by atoms with van der Waals surface area (Å²) in [5, 5.41) is 27.0. The van der Waals surface area contributed by atoms with Crippen LogP contribution >= 0.6 is 39.3 Å². The number of phenolic OH excluding ortho intramolecular Hbond substituents is 1. The number of phenols is 1. The van der Waals surface area contributed by atoms with E-state index in [9.17, 15) is 9.90 Å². The molecule has 3 rings (SSSR count). The average molecular weight is 566 g/mol. The number of rotatable bonds is 11. The van der Waals surface area contributed by atoms with Crippen molar-refractivity contribution in [1.82, 2.24) is 20.2 Å². The second-order valence-electron chi connectivity index (χ2n) is 6.79. The summed E-state index contributed by atoms with van der Waals surface area (Å²) >= 11 is 10.5. The summed E-state index contributed by atoms with van der Waals surface area (Å²) in [6, 6.07) is 10.6. The third-order valence-corrected chi connectivity index (χ3v) is 6.09. The highest BCUT2D eigenvalue weighted by Gasteiger charge is 2.14. The number of hydrogen-bond acceptors (Lipinski definition) is 8. The summed E-state index contributed by atoms with van der Waals surface area (Å²) in [5.41, 5.74) is 3.73. The van der Waals surface area contributed by atoms with Crippen molar-refractivity contribution in [2.75, 3.05) is 18.2 Å². The average Bonchev–Trinajstić information content (AvgIpc) is 3.21. The normalized spacial score (nSPS) is 10.9. The minimum atomic E-state index is -0.336. The number of aromatic hydroxyl groups is 1. The number of carbonyl (C=O) groups excluding carboxylic acids is 1. The lowest BCUT2D eigenvalue weighted by molar-refractivity contribution is -0.118. The van der Waals surface area contributed by atoms with Crippen LogP contribution in [-0.2, 0) is 17.9 Å². The summed E-state index contributed by atoms with van der Waals surface area (Å²) in [7, 11) is 1.45. The number of allylic oxidation sites excluding steroid dienone is 1. The van der Waals surface area contributed by atoms with Gasteiger partial charge in [0.2, 0.25) is 0 Å². The lowest BCUT2D eigenvalue weighted by Crippen LogP contribution is -2.20. The van der Waals surface area contributed by atoms with Gasteiger partial charge in [0.15, 0.2) is 22.5 Å². The molecule has 1 amide bonds. The van der Waals surface area contributed by atoms with E-state index in [0.717, 1.165) is 5.69 Å². The van der Waals surface area contributed by atoms with Crippen LogP contribution in [0.25, 0.3) is 0 Å². The number of anilines is 1. The number of nitrogens with zero attached hydrogens (tertiary/aromatic N) is 4. The fourth-order valence-electron chi connectivity index (χ4n) is 2.80. The molecule has 12 heteroatoms. The van der Waals surface area contributed by atoms with Gasteiger partial charge in [0, 0.05) is 27.3 Å². The fraction of sp³-hybridized carbons (Fsp3) is 0.182. The Kier molecular flexibility index (Phi) is 9.37. The molecular formula is C22H22BrClN6O3S. The predicted molar refractivity (Wildman–Crippen MR) is 138 cm³/mol. The number of hydrogen-bond donors (Lipinski definition) is 3. The zero-order chi connectivity index (χ0) is 24.5. The molecule has 0 fully saturated rings. The quantitative estimate of drug-likeness (QED) is 0.136. The van der Waals surface area contributed by atoms with Crippen LogP contribution in [0.4, 0.5) is 5.69 Å². The summed E-state index contributed by atoms with van der Waals surface area (Å²) in [6.07, 6.45) is 3.08. The second kappa shape index (κ2) is 12.4. The van der Waals surface area contributed by atoms with E-state index in [4.69, 9.17) is 16.3 Å². The number of thioether (sulfide) groups is 1. The SMILES string of the molecule is C=CCn1c(CNc2ccc(Cl)cc2)nnc1SCC(=O)NN=Cc1cc(Br)cc(OC)c1O. The third kappa shape index (κ3) is 6.99. The Balaban J connectivity index is 1.57. The zero-order valence-electron chi connectivity index (χ0n) is 18.2. The van der Waals surface area contributed by atoms with Gasteiger partial charge in [-0.15, -0.1) is 16.8 Å². The maximum absolute atomic E-state index is 12.3. The molecule has 0 aliphatic rings. The molecule has 0 bridgehead atoms. The molecule has 1 heterocycles. The first-order valence-electron chi connectivity index (χ1n) is 9.95. The van der Waals surface area contributed by atoms with Crippen LogP contribution in [0.3, 0.4) is 0 Å². The van der Waals surface area contributed by atoms with Gasteiger partial charge in [-0.25, -0.2) is 5.43 Å². The van der Waals surface area contributed by atoms with E-state index in [1.54, 1.807) is 30.3 Å². The van der Waals surface area contributed by atoms with Crippen LogP contribution in [-0.4, -0.2) is 44.9 Å². The van der Waals surface area contributed by atoms with Gasteiger partial charge in [0.1, 0.15) is 0 Å². The molecular weight excluding hydrogens is 544 g/mol. The standard InChI is InChI=1S/C22H22BrClN6O3S/c1-3-8-30-19(12-25-17-6-4-16(24)5-7-17)27-29-22(30)34-13-20(31)28-26-11-14-9-15(23)10-18(33-2)21(14)32/h3-7,9-11,25,32H,1,8,12-13H2,2H3,(H,28,31). The molecule has 0 saturated heterocycles. The van der Waals surface area contributed by atoms with Crippen LogP contribution in [0.5, 0.6) is 11.5 Å². The number of hydrazone groups is 1. The van der Waals surface area contributed by atoms with Crippen molar-refractivity contribution in [3.8, 4) is 11.5 Å². The Bertz CT molecular complexity index is 1190. The lowest BCUT2D eigenvalue weighted by Gasteiger charge is -2.09. The highest BCUT2D eigenvalue weighted by Crippen LogP contribution is 2.32. The minimum Gasteiger partial charge on any atom is -0.504 e. The monoisotopic (exact) mass is 564 g/mol. The maximum atomic E-state index is 12.3. The van der Waals surface area contributed by atoms with Gasteiger partial charge in [0.25, 0.3) is 5.91 Å². The molecule has 0 radical (unpaired) electrons. The highest BCUT2D eigenvalue weighted by molar-refractivity contribution is 9.10. The molecule has 0 spiro atoms. The van der Waals surface area contributed by atoms with Crippen molar-refractivity contribution in [3.63, 3.8) is 0 Å². The Morgan fingerprint density at radius 1 is 1.35 bits per heavy atom. The zero-order valence-corrected chi connectivity index (χ0v) is 21.3. The lowest BCUT2D eigenvalue weighted by atomic mass is 10.2. The van der Waals surface area contributed by atoms with Crippen LogP contribution < -0.4 is 15.5 Å². The van der Waals surface area contributed by atoms with Crippen molar-refractivity contribution < 1.29 is 14.6 Å². The number of carbonyl (C=O) groups is 1. The number of amides is 1. The van der Waals surface area contributed by atoms with Crippen LogP contribution in [0.2, 0.25) is 5.02 Å². The van der Waals surface area contributed by atoms with Crippen molar-refractivity contribution in [3.05, 3.63) is 69.9 Å². The first-order chi connectivity index (χ1) is 16.4. The summed E-state index contributed by atoms with van der Waals surface area (Å²) in [6.45, 7) is 4.72. The van der Waals surface area contributed by atoms with E-state index in [-0.39, 0.29) is 17.4 Å². The van der Waals surface area contributed by atoms with Crippen LogP contribution in [0, 0.1) is 0 Å². The second-order valence-corrected chi connectivity index (χ2v) is 9.08. The number of halogens is 2. The number of methoxy groups -OCH3 is 1. The number of benzene rings is 2. The van der Waals surface area contributed by atoms with Crippen LogP contribution in [0.1, 0.15) is 11.4 Å². The predicted octanol–water partition coefficient (Wildman–Crippen LogP) is 4.45. The molecule has 0 unspecified atom stereocenters. The van der Waals surface area contributed by atoms with Gasteiger partial charge in [0.05, 0.1) is 25.6 Å². The first-order valence-corrected chi connectivity index (χ1v) is 12.1. The van der Waals surface area contributed by atoms with Gasteiger partial charge >= 0.3 is 0 Å². The molecule has 3 N–H and O–H groups in total. The minimum absolute atomic E-state index is 0.0738. The summed E-state index contributed by atoms with van der Waals surface area (Å²) in [5.74, 6) is 0.660. The molecule has 0 aliphatic carbocycles. The van der Waals surface area contributed by atoms with Gasteiger partial charge in [-0.05, 0) is 36.4 Å². The van der Waals surface area contributed by atoms with E-state index in [0.29, 0.717) is 44.9 Å². The Labute approximate surface area is 214 Å². The Morgan fingerprint density at radius 3 is 2.82 bits per heavy atom. The molecule has 3 aromatic rings. The van der Waals surface area contributed by atoms with Crippen molar-refractivity contribution in [2.24, 2.45) is 5.10 Å². The van der Waals surface area contributed by atoms with E-state index in [1.165, 1.54) is 25.1 Å². The van der Waals surface area contributed by atoms with E-state index < -0.39 is 0 Å². The summed E-state index contributed by atoms with van der Waals surface area (Å²) < 4.78 is 7.68. The molecule has 178 valence electrons. The molecule has 1 aromatic heterocycles. The Hall–Kier alpha value is -3.02. The smallest absolute Gasteiger partial charge is 0.250 e. The fourth-order valence-corrected chi connectivity index (χ4v) is 4.14. The van der Waals surface area contributed by atoms with Gasteiger partial charge in [-0.3, -0.25) is 4.79 Å². The first kappa shape index (κ1) is 25.6. The van der Waals surface area contributed by atoms with Gasteiger partial charge in [-0.1, -0.05) is 45.4 Å². The molecule has 34 heavy (non-hydrogen) atoms. The van der Waals surface area contributed by atoms with Crippen LogP contribution in [0.15, 0.2) is 63.8 Å². The highest BCUT2D eigenvalue weighted by atomic mass is 79.9. The van der Waals surface area contributed by atoms with Gasteiger partial charge < -0.3 is 19.7 Å². The molecule has 2 aromatic carbocycles. The van der Waals surface area contributed by atoms with E-state index in [2.05, 4.69) is 48.6 Å². The number of nitrogens with one attached hydrogen (secondary N) is 2. The largest absolute Gasteiger partial charge is 0.504 e. The molecule has 0 aliphatic heterocycles. The molecule has 0 saturated carbocycles. The number of aromatic nitrogens is 3. The van der Waals surface area contributed by atoms with E-state index >= 15 is 0 Å². The topological polar surface area (TPSA) is 114 Å². The Morgan fingerprint density at radius 2 is 2.12 bits per heavy atom. The van der Waals surface area contributed by atoms with Gasteiger partial charge in [-0.2, -0.15) is 5.10 Å². The maximum Gasteiger partial charge on any atom is 0.250 e. The number of ether oxygens (including phenoxy) is 1. The van der Waals surface area contributed by atoms with Crippen molar-refractivity contribution >= 4 is 57.1 Å². The molecule has 9 nitrogen and oxygen atoms in total. The van der Waals surface area contributed by atoms with Crippen molar-refractivity contribution in [1.29, 1.82) is 0 Å². The van der Waals surface area contributed by atoms with E-state index in [1.807, 2.05) is 16.7 Å².